The van der Waals surface area contributed by atoms with E-state index < -0.39 is 11.9 Å². The van der Waals surface area contributed by atoms with Crippen LogP contribution >= 0.6 is 22.6 Å². The van der Waals surface area contributed by atoms with E-state index >= 15 is 0 Å². The summed E-state index contributed by atoms with van der Waals surface area (Å²) < 4.78 is 1.03. The van der Waals surface area contributed by atoms with Crippen LogP contribution in [-0.2, 0) is 4.79 Å². The largest absolute Gasteiger partial charge is 0.481 e. The second-order valence-electron chi connectivity index (χ2n) is 3.47. The van der Waals surface area contributed by atoms with Gasteiger partial charge in [0.25, 0.3) is 0 Å². The van der Waals surface area contributed by atoms with Gasteiger partial charge >= 0.3 is 5.97 Å². The summed E-state index contributed by atoms with van der Waals surface area (Å²) in [4.78, 5) is 14.4. The molecule has 0 saturated carbocycles. The van der Waals surface area contributed by atoms with E-state index in [-0.39, 0.29) is 0 Å². The fourth-order valence-corrected chi connectivity index (χ4v) is 2.10. The average molecular weight is 329 g/mol. The van der Waals surface area contributed by atoms with Gasteiger partial charge in [0.1, 0.15) is 0 Å². The summed E-state index contributed by atoms with van der Waals surface area (Å²) in [6, 6.07) is 7.51. The summed E-state index contributed by atoms with van der Waals surface area (Å²) in [5.41, 5.74) is 0.824. The molecule has 0 aliphatic carbocycles. The molecule has 0 aliphatic heterocycles. The smallest absolute Gasteiger partial charge is 0.310 e. The third-order valence-corrected chi connectivity index (χ3v) is 2.98. The van der Waals surface area contributed by atoms with Crippen molar-refractivity contribution in [2.24, 2.45) is 0 Å². The summed E-state index contributed by atoms with van der Waals surface area (Å²) in [5, 5.41) is 9.14. The Labute approximate surface area is 108 Å². The molecular formula is C12H12INO2. The Hall–Kier alpha value is -1.09. The first-order valence-corrected chi connectivity index (χ1v) is 6.04. The summed E-state index contributed by atoms with van der Waals surface area (Å²) in [5.74, 6) is -1.30. The number of hydrogen-bond acceptors (Lipinski definition) is 1. The van der Waals surface area contributed by atoms with Crippen molar-refractivity contribution in [3.05, 3.63) is 44.8 Å². The van der Waals surface area contributed by atoms with Crippen LogP contribution in [0.3, 0.4) is 0 Å². The Morgan fingerprint density at radius 1 is 1.56 bits per heavy atom. The van der Waals surface area contributed by atoms with Gasteiger partial charge in [-0.05, 0) is 46.7 Å². The lowest BCUT2D eigenvalue weighted by atomic mass is 9.94. The van der Waals surface area contributed by atoms with Gasteiger partial charge in [-0.25, -0.2) is 6.57 Å². The van der Waals surface area contributed by atoms with Gasteiger partial charge in [-0.3, -0.25) is 4.79 Å². The number of halogens is 1. The summed E-state index contributed by atoms with van der Waals surface area (Å²) >= 11 is 2.17. The van der Waals surface area contributed by atoms with Gasteiger partial charge in [0.05, 0.1) is 5.92 Å². The van der Waals surface area contributed by atoms with Gasteiger partial charge in [0.15, 0.2) is 0 Å². The molecule has 1 N–H and O–H groups in total. The maximum atomic E-state index is 11.1. The lowest BCUT2D eigenvalue weighted by molar-refractivity contribution is -0.139. The van der Waals surface area contributed by atoms with Crippen LogP contribution in [0.1, 0.15) is 24.3 Å². The number of aliphatic carboxylic acids is 1. The van der Waals surface area contributed by atoms with Crippen LogP contribution in [-0.4, -0.2) is 17.6 Å². The van der Waals surface area contributed by atoms with Crippen molar-refractivity contribution in [2.45, 2.75) is 18.8 Å². The van der Waals surface area contributed by atoms with E-state index in [0.29, 0.717) is 19.4 Å². The van der Waals surface area contributed by atoms with E-state index in [4.69, 9.17) is 11.7 Å². The molecule has 0 fully saturated rings. The molecule has 1 aromatic rings. The van der Waals surface area contributed by atoms with Crippen molar-refractivity contribution >= 4 is 28.6 Å². The molecule has 0 bridgehead atoms. The molecule has 0 aliphatic rings. The van der Waals surface area contributed by atoms with E-state index in [1.807, 2.05) is 24.3 Å². The van der Waals surface area contributed by atoms with Gasteiger partial charge in [-0.15, -0.1) is 0 Å². The molecule has 0 spiro atoms. The number of nitrogens with zero attached hydrogens (tertiary/aromatic N) is 1. The molecule has 1 atom stereocenters. The average Bonchev–Trinajstić information content (AvgIpc) is 2.24. The zero-order valence-corrected chi connectivity index (χ0v) is 10.8. The minimum Gasteiger partial charge on any atom is -0.481 e. The molecule has 4 heteroatoms. The summed E-state index contributed by atoms with van der Waals surface area (Å²) in [6.07, 6.45) is 1.16. The van der Waals surface area contributed by atoms with Crippen molar-refractivity contribution in [1.29, 1.82) is 0 Å². The van der Waals surface area contributed by atoms with Crippen LogP contribution in [0.5, 0.6) is 0 Å². The topological polar surface area (TPSA) is 41.7 Å². The van der Waals surface area contributed by atoms with E-state index in [9.17, 15) is 4.79 Å². The molecule has 84 valence electrons. The van der Waals surface area contributed by atoms with Gasteiger partial charge in [0.2, 0.25) is 6.54 Å². The number of carboxylic acids is 1. The van der Waals surface area contributed by atoms with Gasteiger partial charge in [-0.1, -0.05) is 12.1 Å². The molecule has 1 unspecified atom stereocenters. The van der Waals surface area contributed by atoms with Crippen LogP contribution in [0.4, 0.5) is 0 Å². The second-order valence-corrected chi connectivity index (χ2v) is 4.72. The number of rotatable bonds is 5. The van der Waals surface area contributed by atoms with Crippen LogP contribution in [0.15, 0.2) is 24.3 Å². The number of benzene rings is 1. The Morgan fingerprint density at radius 3 is 2.88 bits per heavy atom. The number of hydrogen-bond donors (Lipinski definition) is 1. The lowest BCUT2D eigenvalue weighted by Gasteiger charge is -2.11. The first-order valence-electron chi connectivity index (χ1n) is 4.96. The van der Waals surface area contributed by atoms with Crippen LogP contribution in [0.2, 0.25) is 0 Å². The Morgan fingerprint density at radius 2 is 2.31 bits per heavy atom. The molecule has 16 heavy (non-hydrogen) atoms. The van der Waals surface area contributed by atoms with E-state index in [1.54, 1.807) is 0 Å². The number of carbonyl (C=O) groups is 1. The highest BCUT2D eigenvalue weighted by molar-refractivity contribution is 14.1. The van der Waals surface area contributed by atoms with Crippen molar-refractivity contribution in [1.82, 2.24) is 0 Å². The van der Waals surface area contributed by atoms with Crippen molar-refractivity contribution in [3.8, 4) is 0 Å². The minimum atomic E-state index is -0.813. The van der Waals surface area contributed by atoms with E-state index in [1.165, 1.54) is 0 Å². The molecule has 0 heterocycles. The minimum absolute atomic E-state index is 0.397. The van der Waals surface area contributed by atoms with Crippen molar-refractivity contribution in [3.63, 3.8) is 0 Å². The monoisotopic (exact) mass is 329 g/mol. The van der Waals surface area contributed by atoms with Crippen molar-refractivity contribution in [2.75, 3.05) is 6.54 Å². The third-order valence-electron chi connectivity index (χ3n) is 2.31. The standard InChI is InChI=1S/C12H12INO2/c1-14-7-3-6-11(12(15)16)9-4-2-5-10(13)8-9/h2,4-5,8,11H,3,6-7H2,(H,15,16). The normalized spacial score (nSPS) is 11.8. The molecule has 0 amide bonds. The quantitative estimate of drug-likeness (QED) is 0.512. The molecule has 0 saturated heterocycles. The molecule has 3 nitrogen and oxygen atoms in total. The maximum absolute atomic E-state index is 11.1. The predicted molar refractivity (Wildman–Crippen MR) is 70.2 cm³/mol. The van der Waals surface area contributed by atoms with E-state index in [2.05, 4.69) is 27.4 Å². The highest BCUT2D eigenvalue weighted by Gasteiger charge is 2.19. The maximum Gasteiger partial charge on any atom is 0.310 e. The highest BCUT2D eigenvalue weighted by Crippen LogP contribution is 2.23. The molecule has 0 radical (unpaired) electrons. The molecular weight excluding hydrogens is 317 g/mol. The van der Waals surface area contributed by atoms with E-state index in [0.717, 1.165) is 9.13 Å². The highest BCUT2D eigenvalue weighted by atomic mass is 127. The fourth-order valence-electron chi connectivity index (χ4n) is 1.53. The summed E-state index contributed by atoms with van der Waals surface area (Å²) in [7, 11) is 0. The fraction of sp³-hybridized carbons (Fsp3) is 0.333. The van der Waals surface area contributed by atoms with Crippen LogP contribution in [0.25, 0.3) is 4.85 Å². The molecule has 1 rings (SSSR count). The Kier molecular flexibility index (Phi) is 5.26. The van der Waals surface area contributed by atoms with Gasteiger partial charge in [-0.2, -0.15) is 0 Å². The first kappa shape index (κ1) is 13.0. The Balaban J connectivity index is 2.78. The lowest BCUT2D eigenvalue weighted by Crippen LogP contribution is -2.12. The van der Waals surface area contributed by atoms with Crippen LogP contribution < -0.4 is 0 Å². The number of carboxylic acid groups (broad SMARTS) is 1. The summed E-state index contributed by atoms with van der Waals surface area (Å²) in [6.45, 7) is 7.07. The zero-order valence-electron chi connectivity index (χ0n) is 8.69. The first-order chi connectivity index (χ1) is 7.65. The molecule has 0 aromatic heterocycles. The van der Waals surface area contributed by atoms with Gasteiger partial charge < -0.3 is 9.95 Å². The SMILES string of the molecule is [C-]#[N+]CCCC(C(=O)O)c1cccc(I)c1. The predicted octanol–water partition coefficient (Wildman–Crippen LogP) is 3.16. The second kappa shape index (κ2) is 6.48. The Bertz CT molecular complexity index is 412. The third kappa shape index (κ3) is 3.81. The molecule has 1 aromatic carbocycles. The van der Waals surface area contributed by atoms with Crippen LogP contribution in [0, 0.1) is 10.1 Å². The van der Waals surface area contributed by atoms with Crippen molar-refractivity contribution < 1.29 is 9.90 Å². The van der Waals surface area contributed by atoms with Gasteiger partial charge in [0, 0.05) is 9.99 Å². The zero-order chi connectivity index (χ0) is 12.0.